The van der Waals surface area contributed by atoms with E-state index in [0.717, 1.165) is 5.56 Å². The molecular weight excluding hydrogens is 342 g/mol. The Morgan fingerprint density at radius 2 is 1.96 bits per heavy atom. The highest BCUT2D eigenvalue weighted by molar-refractivity contribution is 6.74. The van der Waals surface area contributed by atoms with Crippen LogP contribution in [0, 0.1) is 0 Å². The third kappa shape index (κ3) is 5.88. The first-order chi connectivity index (χ1) is 11.0. The standard InChI is InChI=1S/C18H30ClNO3Si/c1-13(17(21)22-5)20-12-16(14-9-8-10-15(19)11-14)23-24(6,7)18(2,3)4/h8-11,13,16,20H,12H2,1-7H3/t13-,16+/m1/s1. The third-order valence-electron chi connectivity index (χ3n) is 4.63. The number of carbonyl (C=O) groups excluding carboxylic acids is 1. The number of hydrogen-bond donors (Lipinski definition) is 1. The van der Waals surface area contributed by atoms with Crippen molar-refractivity contribution < 1.29 is 14.0 Å². The Bertz CT molecular complexity index is 557. The Balaban J connectivity index is 2.98. The second-order valence-electron chi connectivity index (χ2n) is 7.57. The molecule has 2 atom stereocenters. The Kier molecular flexibility index (Phi) is 7.47. The van der Waals surface area contributed by atoms with E-state index in [-0.39, 0.29) is 23.2 Å². The average molecular weight is 372 g/mol. The maximum Gasteiger partial charge on any atom is 0.322 e. The fourth-order valence-corrected chi connectivity index (χ4v) is 3.49. The van der Waals surface area contributed by atoms with Crippen LogP contribution in [-0.2, 0) is 14.0 Å². The first-order valence-corrected chi connectivity index (χ1v) is 11.5. The van der Waals surface area contributed by atoms with Crippen molar-refractivity contribution in [3.05, 3.63) is 34.9 Å². The van der Waals surface area contributed by atoms with Gasteiger partial charge in [-0.2, -0.15) is 0 Å². The zero-order chi connectivity index (χ0) is 18.5. The van der Waals surface area contributed by atoms with Crippen LogP contribution >= 0.6 is 11.6 Å². The van der Waals surface area contributed by atoms with Gasteiger partial charge in [-0.15, -0.1) is 0 Å². The van der Waals surface area contributed by atoms with Gasteiger partial charge >= 0.3 is 5.97 Å². The van der Waals surface area contributed by atoms with E-state index in [1.807, 2.05) is 24.3 Å². The summed E-state index contributed by atoms with van der Waals surface area (Å²) in [5.41, 5.74) is 1.01. The highest BCUT2D eigenvalue weighted by Crippen LogP contribution is 2.39. The predicted molar refractivity (Wildman–Crippen MR) is 102 cm³/mol. The highest BCUT2D eigenvalue weighted by Gasteiger charge is 2.39. The molecule has 136 valence electrons. The van der Waals surface area contributed by atoms with Crippen LogP contribution in [0.3, 0.4) is 0 Å². The number of methoxy groups -OCH3 is 1. The minimum Gasteiger partial charge on any atom is -0.468 e. The van der Waals surface area contributed by atoms with Crippen LogP contribution in [0.2, 0.25) is 23.2 Å². The van der Waals surface area contributed by atoms with Crippen LogP contribution in [0.15, 0.2) is 24.3 Å². The van der Waals surface area contributed by atoms with Crippen molar-refractivity contribution in [3.63, 3.8) is 0 Å². The number of esters is 1. The third-order valence-corrected chi connectivity index (χ3v) is 9.35. The lowest BCUT2D eigenvalue weighted by atomic mass is 10.1. The van der Waals surface area contributed by atoms with Crippen molar-refractivity contribution in [2.45, 2.75) is 58.0 Å². The molecule has 0 unspecified atom stereocenters. The van der Waals surface area contributed by atoms with Crippen molar-refractivity contribution in [2.75, 3.05) is 13.7 Å². The Labute approximate surface area is 152 Å². The lowest BCUT2D eigenvalue weighted by Crippen LogP contribution is -2.45. The molecule has 1 aromatic rings. The van der Waals surface area contributed by atoms with Gasteiger partial charge in [0.05, 0.1) is 13.2 Å². The number of halogens is 1. The number of nitrogens with one attached hydrogen (secondary N) is 1. The first-order valence-electron chi connectivity index (χ1n) is 8.22. The summed E-state index contributed by atoms with van der Waals surface area (Å²) in [6.07, 6.45) is -0.170. The van der Waals surface area contributed by atoms with Crippen LogP contribution < -0.4 is 5.32 Å². The van der Waals surface area contributed by atoms with Crippen molar-refractivity contribution in [2.24, 2.45) is 0 Å². The first kappa shape index (κ1) is 21.2. The highest BCUT2D eigenvalue weighted by atomic mass is 35.5. The number of rotatable bonds is 7. The van der Waals surface area contributed by atoms with Crippen molar-refractivity contribution in [1.82, 2.24) is 5.32 Å². The second-order valence-corrected chi connectivity index (χ2v) is 12.8. The molecule has 1 aromatic carbocycles. The van der Waals surface area contributed by atoms with Crippen LogP contribution in [0.1, 0.15) is 39.4 Å². The Hall–Kier alpha value is -0.883. The van der Waals surface area contributed by atoms with E-state index in [9.17, 15) is 4.79 Å². The molecule has 1 N–H and O–H groups in total. The van der Waals surface area contributed by atoms with Crippen LogP contribution in [0.25, 0.3) is 0 Å². The van der Waals surface area contributed by atoms with Crippen LogP contribution in [0.5, 0.6) is 0 Å². The van der Waals surface area contributed by atoms with Gasteiger partial charge in [0.2, 0.25) is 0 Å². The molecule has 0 amide bonds. The summed E-state index contributed by atoms with van der Waals surface area (Å²) < 4.78 is 11.3. The molecule has 6 heteroatoms. The summed E-state index contributed by atoms with van der Waals surface area (Å²) >= 11 is 6.15. The fourth-order valence-electron chi connectivity index (χ4n) is 2.01. The molecule has 0 aliphatic rings. The Morgan fingerprint density at radius 1 is 1.33 bits per heavy atom. The fraction of sp³-hybridized carbons (Fsp3) is 0.611. The van der Waals surface area contributed by atoms with Gasteiger partial charge in [0.25, 0.3) is 0 Å². The van der Waals surface area contributed by atoms with E-state index in [2.05, 4.69) is 39.2 Å². The average Bonchev–Trinajstić information content (AvgIpc) is 2.48. The number of ether oxygens (including phenoxy) is 1. The minimum absolute atomic E-state index is 0.0950. The molecule has 0 heterocycles. The molecular formula is C18H30ClNO3Si. The van der Waals surface area contributed by atoms with Crippen molar-refractivity contribution in [1.29, 1.82) is 0 Å². The Morgan fingerprint density at radius 3 is 2.46 bits per heavy atom. The summed E-state index contributed by atoms with van der Waals surface area (Å²) in [5.74, 6) is -0.285. The second kappa shape index (κ2) is 8.47. The normalized spacial score (nSPS) is 15.0. The van der Waals surface area contributed by atoms with Gasteiger partial charge < -0.3 is 14.5 Å². The summed E-state index contributed by atoms with van der Waals surface area (Å²) in [4.78, 5) is 11.6. The van der Waals surface area contributed by atoms with E-state index in [0.29, 0.717) is 11.6 Å². The molecule has 4 nitrogen and oxygen atoms in total. The SMILES string of the molecule is COC(=O)[C@@H](C)NC[C@H](O[Si](C)(C)C(C)(C)C)c1cccc(Cl)c1. The van der Waals surface area contributed by atoms with Gasteiger partial charge in [-0.3, -0.25) is 4.79 Å². The summed E-state index contributed by atoms with van der Waals surface area (Å²) in [6, 6.07) is 7.31. The maximum absolute atomic E-state index is 11.6. The molecule has 0 fully saturated rings. The molecule has 0 aliphatic heterocycles. The quantitative estimate of drug-likeness (QED) is 0.564. The summed E-state index contributed by atoms with van der Waals surface area (Å²) in [6.45, 7) is 13.4. The van der Waals surface area contributed by atoms with Crippen molar-refractivity contribution >= 4 is 25.9 Å². The molecule has 0 aliphatic carbocycles. The number of hydrogen-bond acceptors (Lipinski definition) is 4. The van der Waals surface area contributed by atoms with E-state index in [1.165, 1.54) is 7.11 Å². The molecule has 0 spiro atoms. The summed E-state index contributed by atoms with van der Waals surface area (Å²) in [7, 11) is -0.585. The summed E-state index contributed by atoms with van der Waals surface area (Å²) in [5, 5.41) is 3.98. The minimum atomic E-state index is -1.97. The molecule has 0 bridgehead atoms. The topological polar surface area (TPSA) is 47.6 Å². The van der Waals surface area contributed by atoms with Gasteiger partial charge in [0, 0.05) is 11.6 Å². The van der Waals surface area contributed by atoms with Gasteiger partial charge in [-0.05, 0) is 42.8 Å². The van der Waals surface area contributed by atoms with Gasteiger partial charge in [0.1, 0.15) is 6.04 Å². The van der Waals surface area contributed by atoms with Gasteiger partial charge in [-0.1, -0.05) is 44.5 Å². The lowest BCUT2D eigenvalue weighted by Gasteiger charge is -2.39. The van der Waals surface area contributed by atoms with Crippen LogP contribution in [-0.4, -0.2) is 34.0 Å². The zero-order valence-electron chi connectivity index (χ0n) is 15.8. The zero-order valence-corrected chi connectivity index (χ0v) is 17.5. The smallest absolute Gasteiger partial charge is 0.322 e. The molecule has 0 saturated carbocycles. The molecule has 0 radical (unpaired) electrons. The largest absolute Gasteiger partial charge is 0.468 e. The molecule has 1 rings (SSSR count). The molecule has 0 saturated heterocycles. The van der Waals surface area contributed by atoms with Crippen LogP contribution in [0.4, 0.5) is 0 Å². The number of carbonyl (C=O) groups is 1. The van der Waals surface area contributed by atoms with E-state index < -0.39 is 8.32 Å². The van der Waals surface area contributed by atoms with Gasteiger partial charge in [-0.25, -0.2) is 0 Å². The monoisotopic (exact) mass is 371 g/mol. The van der Waals surface area contributed by atoms with Crippen molar-refractivity contribution in [3.8, 4) is 0 Å². The van der Waals surface area contributed by atoms with Gasteiger partial charge in [0.15, 0.2) is 8.32 Å². The van der Waals surface area contributed by atoms with E-state index >= 15 is 0 Å². The number of benzene rings is 1. The van der Waals surface area contributed by atoms with E-state index in [1.54, 1.807) is 6.92 Å². The maximum atomic E-state index is 11.6. The molecule has 0 aromatic heterocycles. The lowest BCUT2D eigenvalue weighted by molar-refractivity contribution is -0.142. The predicted octanol–water partition coefficient (Wildman–Crippen LogP) is 4.55. The van der Waals surface area contributed by atoms with E-state index in [4.69, 9.17) is 20.8 Å². The molecule has 24 heavy (non-hydrogen) atoms.